The zero-order chi connectivity index (χ0) is 22.7. The smallest absolute Gasteiger partial charge is 0.271 e. The predicted molar refractivity (Wildman–Crippen MR) is 121 cm³/mol. The second kappa shape index (κ2) is 8.79. The van der Waals surface area contributed by atoms with E-state index in [4.69, 9.17) is 0 Å². The third-order valence-electron chi connectivity index (χ3n) is 4.94. The average molecular weight is 417 g/mol. The van der Waals surface area contributed by atoms with E-state index in [0.717, 1.165) is 34.4 Å². The minimum absolute atomic E-state index is 0.0289. The maximum Gasteiger partial charge on any atom is 0.271 e. The Hall–Kier alpha value is -4.00. The first kappa shape index (κ1) is 21.7. The maximum absolute atomic E-state index is 12.8. The number of hydrogen-bond acceptors (Lipinski definition) is 4. The number of nitro groups is 1. The molecule has 31 heavy (non-hydrogen) atoms. The lowest BCUT2D eigenvalue weighted by Crippen LogP contribution is -2.17. The molecule has 0 bridgehead atoms. The van der Waals surface area contributed by atoms with Crippen LogP contribution >= 0.6 is 0 Å². The number of carbonyl (C=O) groups excluding carboxylic acids is 2. The van der Waals surface area contributed by atoms with Gasteiger partial charge in [0.25, 0.3) is 17.5 Å². The van der Waals surface area contributed by atoms with E-state index in [9.17, 15) is 19.7 Å². The highest BCUT2D eigenvalue weighted by Gasteiger charge is 2.19. The Labute approximate surface area is 180 Å². The van der Waals surface area contributed by atoms with E-state index in [1.54, 1.807) is 0 Å². The summed E-state index contributed by atoms with van der Waals surface area (Å²) < 4.78 is 0. The quantitative estimate of drug-likeness (QED) is 0.432. The van der Waals surface area contributed by atoms with E-state index in [-0.39, 0.29) is 16.8 Å². The van der Waals surface area contributed by atoms with Crippen molar-refractivity contribution in [1.82, 2.24) is 0 Å². The van der Waals surface area contributed by atoms with Crippen molar-refractivity contribution >= 4 is 28.9 Å². The van der Waals surface area contributed by atoms with Crippen LogP contribution < -0.4 is 10.6 Å². The Balaban J connectivity index is 1.94. The summed E-state index contributed by atoms with van der Waals surface area (Å²) >= 11 is 0. The zero-order valence-corrected chi connectivity index (χ0v) is 17.8. The molecule has 0 aliphatic rings. The third kappa shape index (κ3) is 5.14. The van der Waals surface area contributed by atoms with Crippen LogP contribution in [0.25, 0.3) is 0 Å². The van der Waals surface area contributed by atoms with Crippen LogP contribution in [0.4, 0.5) is 17.1 Å². The Morgan fingerprint density at radius 2 is 1.13 bits per heavy atom. The largest absolute Gasteiger partial charge is 0.322 e. The summed E-state index contributed by atoms with van der Waals surface area (Å²) in [6.07, 6.45) is 0. The summed E-state index contributed by atoms with van der Waals surface area (Å²) in [5.41, 5.74) is 4.59. The van der Waals surface area contributed by atoms with Gasteiger partial charge in [0.15, 0.2) is 0 Å². The fraction of sp³-hybridized carbons (Fsp3) is 0.167. The van der Waals surface area contributed by atoms with E-state index >= 15 is 0 Å². The SMILES string of the molecule is Cc1ccc(C)c(NC(=O)c2cc(C(=O)Nc3cc(C)ccc3C)cc([N+](=O)[O-])c2)c1. The molecule has 0 aliphatic heterocycles. The topological polar surface area (TPSA) is 101 Å². The average Bonchev–Trinajstić information content (AvgIpc) is 2.72. The van der Waals surface area contributed by atoms with Crippen molar-refractivity contribution in [3.8, 4) is 0 Å². The van der Waals surface area contributed by atoms with E-state index < -0.39 is 16.7 Å². The highest BCUT2D eigenvalue weighted by molar-refractivity contribution is 6.09. The molecule has 0 saturated carbocycles. The minimum Gasteiger partial charge on any atom is -0.322 e. The molecule has 3 aromatic carbocycles. The number of hydrogen-bond donors (Lipinski definition) is 2. The summed E-state index contributed by atoms with van der Waals surface area (Å²) in [6, 6.07) is 14.9. The van der Waals surface area contributed by atoms with Gasteiger partial charge >= 0.3 is 0 Å². The van der Waals surface area contributed by atoms with Gasteiger partial charge in [-0.1, -0.05) is 24.3 Å². The fourth-order valence-corrected chi connectivity index (χ4v) is 3.11. The first-order chi connectivity index (χ1) is 14.6. The lowest BCUT2D eigenvalue weighted by atomic mass is 10.1. The van der Waals surface area contributed by atoms with Gasteiger partial charge < -0.3 is 10.6 Å². The number of non-ortho nitro benzene ring substituents is 1. The number of nitro benzene ring substituents is 1. The van der Waals surface area contributed by atoms with Crippen LogP contribution in [0.5, 0.6) is 0 Å². The Bertz CT molecular complexity index is 1120. The lowest BCUT2D eigenvalue weighted by Gasteiger charge is -2.12. The molecule has 7 heteroatoms. The first-order valence-corrected chi connectivity index (χ1v) is 9.71. The van der Waals surface area contributed by atoms with Crippen LogP contribution in [0.15, 0.2) is 54.6 Å². The second-order valence-electron chi connectivity index (χ2n) is 7.57. The number of anilines is 2. The molecule has 0 radical (unpaired) electrons. The molecule has 7 nitrogen and oxygen atoms in total. The van der Waals surface area contributed by atoms with Crippen molar-refractivity contribution in [2.45, 2.75) is 27.7 Å². The molecule has 3 aromatic rings. The molecule has 0 aromatic heterocycles. The Morgan fingerprint density at radius 3 is 1.52 bits per heavy atom. The van der Waals surface area contributed by atoms with Crippen LogP contribution in [-0.4, -0.2) is 16.7 Å². The highest BCUT2D eigenvalue weighted by Crippen LogP contribution is 2.23. The van der Waals surface area contributed by atoms with E-state index in [1.165, 1.54) is 6.07 Å². The normalized spacial score (nSPS) is 10.5. The molecule has 0 saturated heterocycles. The van der Waals surface area contributed by atoms with Crippen LogP contribution in [0.3, 0.4) is 0 Å². The molecule has 0 unspecified atom stereocenters. The molecule has 0 aliphatic carbocycles. The van der Waals surface area contributed by atoms with Gasteiger partial charge in [-0.15, -0.1) is 0 Å². The van der Waals surface area contributed by atoms with E-state index in [2.05, 4.69) is 10.6 Å². The van der Waals surface area contributed by atoms with Gasteiger partial charge in [0, 0.05) is 34.6 Å². The summed E-state index contributed by atoms with van der Waals surface area (Å²) in [5.74, 6) is -1.06. The zero-order valence-electron chi connectivity index (χ0n) is 17.8. The number of amides is 2. The molecule has 0 fully saturated rings. The van der Waals surface area contributed by atoms with E-state index in [0.29, 0.717) is 11.4 Å². The number of nitrogens with one attached hydrogen (secondary N) is 2. The van der Waals surface area contributed by atoms with Crippen LogP contribution in [-0.2, 0) is 0 Å². The van der Waals surface area contributed by atoms with Crippen LogP contribution in [0, 0.1) is 37.8 Å². The number of aryl methyl sites for hydroxylation is 4. The van der Waals surface area contributed by atoms with Crippen molar-refractivity contribution in [2.24, 2.45) is 0 Å². The summed E-state index contributed by atoms with van der Waals surface area (Å²) in [6.45, 7) is 7.51. The second-order valence-corrected chi connectivity index (χ2v) is 7.57. The Kier molecular flexibility index (Phi) is 6.15. The lowest BCUT2D eigenvalue weighted by molar-refractivity contribution is -0.384. The minimum atomic E-state index is -0.622. The molecular formula is C24H23N3O4. The number of nitrogens with zero attached hydrogens (tertiary/aromatic N) is 1. The summed E-state index contributed by atoms with van der Waals surface area (Å²) in [7, 11) is 0. The predicted octanol–water partition coefficient (Wildman–Crippen LogP) is 5.33. The van der Waals surface area contributed by atoms with Gasteiger partial charge in [0.2, 0.25) is 0 Å². The number of carbonyl (C=O) groups is 2. The van der Waals surface area contributed by atoms with E-state index in [1.807, 2.05) is 64.1 Å². The van der Waals surface area contributed by atoms with Gasteiger partial charge in [-0.2, -0.15) is 0 Å². The Morgan fingerprint density at radius 1 is 0.710 bits per heavy atom. The van der Waals surface area contributed by atoms with Gasteiger partial charge in [0.05, 0.1) is 4.92 Å². The molecule has 3 rings (SSSR count). The first-order valence-electron chi connectivity index (χ1n) is 9.71. The maximum atomic E-state index is 12.8. The van der Waals surface area contributed by atoms with Gasteiger partial charge in [-0.25, -0.2) is 0 Å². The molecular weight excluding hydrogens is 394 g/mol. The molecule has 2 amide bonds. The third-order valence-corrected chi connectivity index (χ3v) is 4.94. The van der Waals surface area contributed by atoms with Crippen molar-refractivity contribution in [3.05, 3.63) is 98.1 Å². The van der Waals surface area contributed by atoms with Gasteiger partial charge in [0.1, 0.15) is 0 Å². The standard InChI is InChI=1S/C24H23N3O4/c1-14-5-7-16(3)21(9-14)25-23(28)18-11-19(13-20(12-18)27(30)31)24(29)26-22-10-15(2)6-8-17(22)4/h5-13H,1-4H3,(H,25,28)(H,26,29). The molecule has 0 heterocycles. The molecule has 0 spiro atoms. The van der Waals surface area contributed by atoms with Crippen LogP contribution in [0.2, 0.25) is 0 Å². The van der Waals surface area contributed by atoms with Crippen molar-refractivity contribution in [2.75, 3.05) is 10.6 Å². The van der Waals surface area contributed by atoms with Gasteiger partial charge in [-0.3, -0.25) is 19.7 Å². The van der Waals surface area contributed by atoms with Crippen molar-refractivity contribution in [3.63, 3.8) is 0 Å². The molecule has 2 N–H and O–H groups in total. The van der Waals surface area contributed by atoms with Crippen LogP contribution in [0.1, 0.15) is 43.0 Å². The summed E-state index contributed by atoms with van der Waals surface area (Å²) in [4.78, 5) is 36.4. The molecule has 0 atom stereocenters. The van der Waals surface area contributed by atoms with Crippen molar-refractivity contribution < 1.29 is 14.5 Å². The van der Waals surface area contributed by atoms with Crippen molar-refractivity contribution in [1.29, 1.82) is 0 Å². The molecule has 158 valence electrons. The highest BCUT2D eigenvalue weighted by atomic mass is 16.6. The summed E-state index contributed by atoms with van der Waals surface area (Å²) in [5, 5.41) is 17.0. The van der Waals surface area contributed by atoms with Gasteiger partial charge in [-0.05, 0) is 68.1 Å². The fourth-order valence-electron chi connectivity index (χ4n) is 3.11. The number of rotatable bonds is 5. The number of benzene rings is 3. The monoisotopic (exact) mass is 417 g/mol.